The van der Waals surface area contributed by atoms with Gasteiger partial charge in [0.2, 0.25) is 5.88 Å². The lowest BCUT2D eigenvalue weighted by Gasteiger charge is -2.10. The third kappa shape index (κ3) is 5.17. The first-order valence-corrected chi connectivity index (χ1v) is 10.5. The van der Waals surface area contributed by atoms with Crippen LogP contribution in [-0.2, 0) is 4.79 Å². The standard InChI is InChI=1S/C25H25N5O3/c1-16-7-5-6-8-22(16)32-15-24(31)26-20-9-11-21(12-10-20)33-25-14-13-23(27-28-25)30-19(4)17(2)18(3)29-30/h5-14H,15H2,1-4H3,(H,26,31). The van der Waals surface area contributed by atoms with Crippen LogP contribution in [0, 0.1) is 27.7 Å². The highest BCUT2D eigenvalue weighted by Crippen LogP contribution is 2.22. The van der Waals surface area contributed by atoms with Gasteiger partial charge in [0.25, 0.3) is 5.91 Å². The van der Waals surface area contributed by atoms with E-state index in [4.69, 9.17) is 9.47 Å². The van der Waals surface area contributed by atoms with Crippen molar-refractivity contribution >= 4 is 11.6 Å². The molecule has 1 amide bonds. The van der Waals surface area contributed by atoms with E-state index in [0.29, 0.717) is 28.9 Å². The van der Waals surface area contributed by atoms with Gasteiger partial charge < -0.3 is 14.8 Å². The van der Waals surface area contributed by atoms with E-state index in [1.54, 1.807) is 35.0 Å². The van der Waals surface area contributed by atoms with Crippen molar-refractivity contribution in [2.75, 3.05) is 11.9 Å². The maximum absolute atomic E-state index is 12.2. The highest BCUT2D eigenvalue weighted by molar-refractivity contribution is 5.91. The molecule has 168 valence electrons. The van der Waals surface area contributed by atoms with Gasteiger partial charge in [-0.15, -0.1) is 10.2 Å². The number of ether oxygens (including phenoxy) is 2. The van der Waals surface area contributed by atoms with Gasteiger partial charge >= 0.3 is 0 Å². The summed E-state index contributed by atoms with van der Waals surface area (Å²) in [6.45, 7) is 7.86. The van der Waals surface area contributed by atoms with Crippen molar-refractivity contribution in [2.45, 2.75) is 27.7 Å². The van der Waals surface area contributed by atoms with Crippen LogP contribution >= 0.6 is 0 Å². The average molecular weight is 444 g/mol. The van der Waals surface area contributed by atoms with Gasteiger partial charge in [-0.1, -0.05) is 18.2 Å². The molecule has 0 saturated heterocycles. The van der Waals surface area contributed by atoms with E-state index in [9.17, 15) is 4.79 Å². The third-order valence-corrected chi connectivity index (χ3v) is 5.31. The van der Waals surface area contributed by atoms with Gasteiger partial charge in [0.1, 0.15) is 11.5 Å². The van der Waals surface area contributed by atoms with Crippen LogP contribution in [0.4, 0.5) is 5.69 Å². The molecule has 0 aliphatic heterocycles. The number of aryl methyl sites for hydroxylation is 2. The second-order valence-corrected chi connectivity index (χ2v) is 7.67. The van der Waals surface area contributed by atoms with Crippen molar-refractivity contribution in [3.63, 3.8) is 0 Å². The fourth-order valence-corrected chi connectivity index (χ4v) is 3.21. The molecule has 0 fully saturated rings. The molecule has 2 aromatic heterocycles. The first-order chi connectivity index (χ1) is 15.9. The molecule has 4 aromatic rings. The first-order valence-electron chi connectivity index (χ1n) is 10.5. The van der Waals surface area contributed by atoms with Gasteiger partial charge in [-0.05, 0) is 75.2 Å². The molecule has 0 saturated carbocycles. The minimum absolute atomic E-state index is 0.0696. The largest absolute Gasteiger partial charge is 0.483 e. The van der Waals surface area contributed by atoms with Crippen LogP contribution in [0.2, 0.25) is 0 Å². The smallest absolute Gasteiger partial charge is 0.262 e. The Morgan fingerprint density at radius 1 is 0.939 bits per heavy atom. The highest BCUT2D eigenvalue weighted by Gasteiger charge is 2.11. The molecule has 8 heteroatoms. The Morgan fingerprint density at radius 2 is 1.70 bits per heavy atom. The fourth-order valence-electron chi connectivity index (χ4n) is 3.21. The van der Waals surface area contributed by atoms with Crippen LogP contribution in [0.1, 0.15) is 22.5 Å². The molecule has 2 aromatic carbocycles. The molecule has 33 heavy (non-hydrogen) atoms. The van der Waals surface area contributed by atoms with Gasteiger partial charge in [-0.3, -0.25) is 4.79 Å². The van der Waals surface area contributed by atoms with Crippen molar-refractivity contribution in [3.8, 4) is 23.2 Å². The zero-order valence-electron chi connectivity index (χ0n) is 19.0. The van der Waals surface area contributed by atoms with Crippen molar-refractivity contribution in [1.29, 1.82) is 0 Å². The van der Waals surface area contributed by atoms with Gasteiger partial charge in [0.05, 0.1) is 5.69 Å². The number of carbonyl (C=O) groups excluding carboxylic acids is 1. The number of benzene rings is 2. The lowest BCUT2D eigenvalue weighted by molar-refractivity contribution is -0.118. The van der Waals surface area contributed by atoms with Crippen molar-refractivity contribution in [2.24, 2.45) is 0 Å². The zero-order valence-corrected chi connectivity index (χ0v) is 19.0. The van der Waals surface area contributed by atoms with E-state index in [2.05, 4.69) is 20.6 Å². The molecular weight excluding hydrogens is 418 g/mol. The number of amides is 1. The third-order valence-electron chi connectivity index (χ3n) is 5.31. The molecule has 4 rings (SSSR count). The molecule has 0 aliphatic carbocycles. The second-order valence-electron chi connectivity index (χ2n) is 7.67. The summed E-state index contributed by atoms with van der Waals surface area (Å²) in [7, 11) is 0. The van der Waals surface area contributed by atoms with E-state index in [0.717, 1.165) is 22.5 Å². The Morgan fingerprint density at radius 3 is 2.33 bits per heavy atom. The minimum Gasteiger partial charge on any atom is -0.483 e. The van der Waals surface area contributed by atoms with Crippen LogP contribution in [0.25, 0.3) is 5.82 Å². The average Bonchev–Trinajstić information content (AvgIpc) is 3.07. The maximum Gasteiger partial charge on any atom is 0.262 e. The molecule has 0 atom stereocenters. The van der Waals surface area contributed by atoms with Crippen molar-refractivity contribution in [3.05, 3.63) is 83.2 Å². The zero-order chi connectivity index (χ0) is 23.4. The number of hydrogen-bond acceptors (Lipinski definition) is 6. The number of anilines is 1. The van der Waals surface area contributed by atoms with Crippen molar-refractivity contribution in [1.82, 2.24) is 20.0 Å². The molecule has 0 spiro atoms. The Bertz CT molecular complexity index is 1260. The lowest BCUT2D eigenvalue weighted by atomic mass is 10.2. The van der Waals surface area contributed by atoms with Crippen LogP contribution in [0.15, 0.2) is 60.7 Å². The molecule has 1 N–H and O–H groups in total. The Kier molecular flexibility index (Phi) is 6.35. The van der Waals surface area contributed by atoms with Gasteiger partial charge in [0.15, 0.2) is 12.4 Å². The summed E-state index contributed by atoms with van der Waals surface area (Å²) in [5.41, 5.74) is 4.74. The number of aromatic nitrogens is 4. The summed E-state index contributed by atoms with van der Waals surface area (Å²) >= 11 is 0. The van der Waals surface area contributed by atoms with E-state index in [1.807, 2.05) is 58.0 Å². The molecule has 0 unspecified atom stereocenters. The number of para-hydroxylation sites is 1. The molecule has 0 radical (unpaired) electrons. The SMILES string of the molecule is Cc1ccccc1OCC(=O)Nc1ccc(Oc2ccc(-n3nc(C)c(C)c3C)nn2)cc1. The molecule has 2 heterocycles. The number of nitrogens with one attached hydrogen (secondary N) is 1. The van der Waals surface area contributed by atoms with E-state index in [1.165, 1.54) is 0 Å². The minimum atomic E-state index is -0.243. The predicted octanol–water partition coefficient (Wildman–Crippen LogP) is 4.71. The van der Waals surface area contributed by atoms with Gasteiger partial charge in [-0.25, -0.2) is 4.68 Å². The molecule has 0 aliphatic rings. The normalized spacial score (nSPS) is 10.7. The van der Waals surface area contributed by atoms with E-state index in [-0.39, 0.29) is 12.5 Å². The summed E-state index contributed by atoms with van der Waals surface area (Å²) in [6.07, 6.45) is 0. The molecular formula is C25H25N5O3. The number of hydrogen-bond donors (Lipinski definition) is 1. The summed E-state index contributed by atoms with van der Waals surface area (Å²) in [6, 6.07) is 18.1. The highest BCUT2D eigenvalue weighted by atomic mass is 16.5. The monoisotopic (exact) mass is 443 g/mol. The van der Waals surface area contributed by atoms with E-state index < -0.39 is 0 Å². The molecule has 0 bridgehead atoms. The van der Waals surface area contributed by atoms with Crippen molar-refractivity contribution < 1.29 is 14.3 Å². The first kappa shape index (κ1) is 22.0. The lowest BCUT2D eigenvalue weighted by Crippen LogP contribution is -2.20. The predicted molar refractivity (Wildman–Crippen MR) is 125 cm³/mol. The van der Waals surface area contributed by atoms with Crippen LogP contribution < -0.4 is 14.8 Å². The van der Waals surface area contributed by atoms with Crippen LogP contribution in [0.5, 0.6) is 17.4 Å². The Labute approximate surface area is 192 Å². The summed E-state index contributed by atoms with van der Waals surface area (Å²) in [5.74, 6) is 2.01. The summed E-state index contributed by atoms with van der Waals surface area (Å²) in [4.78, 5) is 12.2. The summed E-state index contributed by atoms with van der Waals surface area (Å²) < 4.78 is 13.1. The van der Waals surface area contributed by atoms with Gasteiger partial charge in [-0.2, -0.15) is 5.10 Å². The fraction of sp³-hybridized carbons (Fsp3) is 0.200. The van der Waals surface area contributed by atoms with Gasteiger partial charge in [0, 0.05) is 17.4 Å². The maximum atomic E-state index is 12.2. The number of nitrogens with zero attached hydrogens (tertiary/aromatic N) is 4. The van der Waals surface area contributed by atoms with Crippen LogP contribution in [0.3, 0.4) is 0 Å². The second kappa shape index (κ2) is 9.52. The number of carbonyl (C=O) groups is 1. The topological polar surface area (TPSA) is 91.2 Å². The Hall–Kier alpha value is -4.20. The number of rotatable bonds is 7. The summed E-state index contributed by atoms with van der Waals surface area (Å²) in [5, 5.41) is 15.7. The quantitative estimate of drug-likeness (QED) is 0.445. The molecule has 8 nitrogen and oxygen atoms in total. The Balaban J connectivity index is 1.33. The van der Waals surface area contributed by atoms with E-state index >= 15 is 0 Å². The van der Waals surface area contributed by atoms with Crippen LogP contribution in [-0.4, -0.2) is 32.5 Å².